The number of aromatic carboxylic acids is 1. The van der Waals surface area contributed by atoms with Gasteiger partial charge in [0.05, 0.1) is 10.0 Å². The van der Waals surface area contributed by atoms with Crippen LogP contribution in [0.25, 0.3) is 11.3 Å². The molecule has 19 heavy (non-hydrogen) atoms. The molecule has 1 heterocycles. The summed E-state index contributed by atoms with van der Waals surface area (Å²) >= 11 is 12.0. The lowest BCUT2D eigenvalue weighted by atomic mass is 10.0. The van der Waals surface area contributed by atoms with Crippen molar-refractivity contribution in [2.45, 2.75) is 19.8 Å². The molecule has 0 amide bonds. The first kappa shape index (κ1) is 13.9. The van der Waals surface area contributed by atoms with Crippen molar-refractivity contribution in [2.75, 3.05) is 0 Å². The summed E-state index contributed by atoms with van der Waals surface area (Å²) in [5.41, 5.74) is 0.715. The average Bonchev–Trinajstić information content (AvgIpc) is 2.77. The quantitative estimate of drug-likeness (QED) is 0.914. The smallest absolute Gasteiger partial charge is 0.341 e. The summed E-state index contributed by atoms with van der Waals surface area (Å²) in [6.45, 7) is 1.93. The molecule has 1 aromatic heterocycles. The zero-order chi connectivity index (χ0) is 14.0. The van der Waals surface area contributed by atoms with Gasteiger partial charge in [-0.25, -0.2) is 4.79 Å². The summed E-state index contributed by atoms with van der Waals surface area (Å²) in [5, 5.41) is 13.7. The van der Waals surface area contributed by atoms with Crippen molar-refractivity contribution in [3.63, 3.8) is 0 Å². The van der Waals surface area contributed by atoms with E-state index in [4.69, 9.17) is 27.7 Å². The lowest BCUT2D eigenvalue weighted by molar-refractivity contribution is 0.0695. The van der Waals surface area contributed by atoms with Crippen LogP contribution in [0.15, 0.2) is 22.7 Å². The topological polar surface area (TPSA) is 63.3 Å². The highest BCUT2D eigenvalue weighted by Gasteiger charge is 2.24. The van der Waals surface area contributed by atoms with Crippen LogP contribution in [0.4, 0.5) is 0 Å². The van der Waals surface area contributed by atoms with E-state index in [1.807, 2.05) is 6.92 Å². The first-order valence-electron chi connectivity index (χ1n) is 5.72. The molecule has 0 aliphatic rings. The molecule has 100 valence electrons. The number of rotatable bonds is 4. The molecule has 0 saturated heterocycles. The molecule has 4 nitrogen and oxygen atoms in total. The largest absolute Gasteiger partial charge is 0.477 e. The second-order valence-corrected chi connectivity index (χ2v) is 4.77. The molecule has 0 aliphatic heterocycles. The fraction of sp³-hybridized carbons (Fsp3) is 0.231. The summed E-state index contributed by atoms with van der Waals surface area (Å²) < 4.78 is 5.11. The van der Waals surface area contributed by atoms with Crippen molar-refractivity contribution >= 4 is 29.2 Å². The zero-order valence-corrected chi connectivity index (χ0v) is 11.6. The van der Waals surface area contributed by atoms with Crippen molar-refractivity contribution in [1.82, 2.24) is 5.16 Å². The van der Waals surface area contributed by atoms with Crippen LogP contribution in [0.2, 0.25) is 10.0 Å². The summed E-state index contributed by atoms with van der Waals surface area (Å²) in [5.74, 6) is -0.739. The maximum absolute atomic E-state index is 11.4. The van der Waals surface area contributed by atoms with Crippen LogP contribution in [0.3, 0.4) is 0 Å². The highest BCUT2D eigenvalue weighted by Crippen LogP contribution is 2.35. The Morgan fingerprint density at radius 3 is 2.79 bits per heavy atom. The molecule has 6 heteroatoms. The Hall–Kier alpha value is -1.52. The van der Waals surface area contributed by atoms with Gasteiger partial charge in [-0.15, -0.1) is 0 Å². The third-order valence-electron chi connectivity index (χ3n) is 2.66. The van der Waals surface area contributed by atoms with Crippen molar-refractivity contribution in [1.29, 1.82) is 0 Å². The SMILES string of the molecule is CCCc1onc(-c2cccc(Cl)c2Cl)c1C(=O)O. The van der Waals surface area contributed by atoms with E-state index in [1.54, 1.807) is 18.2 Å². The van der Waals surface area contributed by atoms with Crippen LogP contribution in [0, 0.1) is 0 Å². The predicted molar refractivity (Wildman–Crippen MR) is 72.9 cm³/mol. The molecule has 1 aromatic carbocycles. The van der Waals surface area contributed by atoms with E-state index < -0.39 is 5.97 Å². The van der Waals surface area contributed by atoms with Crippen LogP contribution in [-0.4, -0.2) is 16.2 Å². The van der Waals surface area contributed by atoms with Gasteiger partial charge in [-0.1, -0.05) is 47.4 Å². The fourth-order valence-corrected chi connectivity index (χ4v) is 2.20. The normalized spacial score (nSPS) is 10.7. The van der Waals surface area contributed by atoms with E-state index in [9.17, 15) is 9.90 Å². The summed E-state index contributed by atoms with van der Waals surface area (Å²) in [6.07, 6.45) is 1.27. The van der Waals surface area contributed by atoms with Gasteiger partial charge in [0, 0.05) is 12.0 Å². The van der Waals surface area contributed by atoms with E-state index in [0.717, 1.165) is 6.42 Å². The van der Waals surface area contributed by atoms with Gasteiger partial charge in [-0.3, -0.25) is 0 Å². The molecule has 2 aromatic rings. The van der Waals surface area contributed by atoms with Crippen LogP contribution in [0.1, 0.15) is 29.5 Å². The number of aryl methyl sites for hydroxylation is 1. The standard InChI is InChI=1S/C13H11Cl2NO3/c1-2-4-9-10(13(17)18)12(16-19-9)7-5-3-6-8(14)11(7)15/h3,5-6H,2,4H2,1H3,(H,17,18). The zero-order valence-electron chi connectivity index (χ0n) is 10.1. The average molecular weight is 300 g/mol. The van der Waals surface area contributed by atoms with E-state index >= 15 is 0 Å². The molecule has 2 rings (SSSR count). The highest BCUT2D eigenvalue weighted by molar-refractivity contribution is 6.43. The lowest BCUT2D eigenvalue weighted by Gasteiger charge is -2.03. The molecule has 1 N–H and O–H groups in total. The summed E-state index contributed by atoms with van der Waals surface area (Å²) in [6, 6.07) is 4.97. The van der Waals surface area contributed by atoms with Crippen LogP contribution in [0.5, 0.6) is 0 Å². The molecule has 0 bridgehead atoms. The fourth-order valence-electron chi connectivity index (χ4n) is 1.81. The minimum atomic E-state index is -1.09. The Labute approximate surface area is 119 Å². The minimum absolute atomic E-state index is 0.0472. The van der Waals surface area contributed by atoms with Gasteiger partial charge in [-0.2, -0.15) is 0 Å². The Bertz CT molecular complexity index is 622. The van der Waals surface area contributed by atoms with Gasteiger partial charge in [0.25, 0.3) is 0 Å². The van der Waals surface area contributed by atoms with Crippen LogP contribution < -0.4 is 0 Å². The first-order valence-corrected chi connectivity index (χ1v) is 6.48. The second-order valence-electron chi connectivity index (χ2n) is 3.99. The molecule has 0 aliphatic carbocycles. The van der Waals surface area contributed by atoms with Gasteiger partial charge in [0.15, 0.2) is 5.76 Å². The molecular formula is C13H11Cl2NO3. The summed E-state index contributed by atoms with van der Waals surface area (Å²) in [4.78, 5) is 11.4. The molecule has 0 atom stereocenters. The Morgan fingerprint density at radius 1 is 1.42 bits per heavy atom. The van der Waals surface area contributed by atoms with E-state index in [-0.39, 0.29) is 16.3 Å². The Morgan fingerprint density at radius 2 is 2.16 bits per heavy atom. The predicted octanol–water partition coefficient (Wildman–Crippen LogP) is 4.30. The second kappa shape index (κ2) is 5.63. The lowest BCUT2D eigenvalue weighted by Crippen LogP contribution is -2.01. The number of hydrogen-bond acceptors (Lipinski definition) is 3. The van der Waals surface area contributed by atoms with Gasteiger partial charge in [-0.05, 0) is 12.5 Å². The van der Waals surface area contributed by atoms with E-state index in [1.165, 1.54) is 0 Å². The van der Waals surface area contributed by atoms with E-state index in [2.05, 4.69) is 5.16 Å². The highest BCUT2D eigenvalue weighted by atomic mass is 35.5. The molecule has 0 unspecified atom stereocenters. The number of carboxylic acid groups (broad SMARTS) is 1. The van der Waals surface area contributed by atoms with Gasteiger partial charge >= 0.3 is 5.97 Å². The maximum Gasteiger partial charge on any atom is 0.341 e. The number of carbonyl (C=O) groups is 1. The van der Waals surface area contributed by atoms with Gasteiger partial charge in [0.1, 0.15) is 11.3 Å². The molecule has 0 saturated carbocycles. The number of nitrogens with zero attached hydrogens (tertiary/aromatic N) is 1. The van der Waals surface area contributed by atoms with Crippen molar-refractivity contribution in [2.24, 2.45) is 0 Å². The third-order valence-corrected chi connectivity index (χ3v) is 3.48. The maximum atomic E-state index is 11.4. The first-order chi connectivity index (χ1) is 9.06. The Balaban J connectivity index is 2.62. The van der Waals surface area contributed by atoms with Gasteiger partial charge < -0.3 is 9.63 Å². The molecule has 0 radical (unpaired) electrons. The van der Waals surface area contributed by atoms with Crippen LogP contribution in [-0.2, 0) is 6.42 Å². The monoisotopic (exact) mass is 299 g/mol. The number of carboxylic acids is 1. The van der Waals surface area contributed by atoms with Gasteiger partial charge in [0.2, 0.25) is 0 Å². The van der Waals surface area contributed by atoms with Crippen molar-refractivity contribution < 1.29 is 14.4 Å². The number of benzene rings is 1. The molecule has 0 fully saturated rings. The van der Waals surface area contributed by atoms with Crippen LogP contribution >= 0.6 is 23.2 Å². The molecule has 0 spiro atoms. The van der Waals surface area contributed by atoms with E-state index in [0.29, 0.717) is 22.8 Å². The van der Waals surface area contributed by atoms with Crippen molar-refractivity contribution in [3.8, 4) is 11.3 Å². The Kier molecular flexibility index (Phi) is 4.12. The number of aromatic nitrogens is 1. The number of hydrogen-bond donors (Lipinski definition) is 1. The minimum Gasteiger partial charge on any atom is -0.477 e. The third kappa shape index (κ3) is 2.60. The number of halogens is 2. The van der Waals surface area contributed by atoms with Crippen molar-refractivity contribution in [3.05, 3.63) is 39.6 Å². The molecular weight excluding hydrogens is 289 g/mol. The summed E-state index contributed by atoms with van der Waals surface area (Å²) in [7, 11) is 0.